The second kappa shape index (κ2) is 6.66. The molecule has 0 bridgehead atoms. The van der Waals surface area contributed by atoms with Crippen molar-refractivity contribution < 1.29 is 32.3 Å². The Morgan fingerprint density at radius 2 is 2.16 bits per heavy atom. The van der Waals surface area contributed by atoms with E-state index in [4.69, 9.17) is 11.6 Å². The SMILES string of the molecule is O=C(c1nc2c(C(F)(F)F)cc(Br)cn2c1Cl)N1CC[C@]2(C[N+]23CCCC3=O)[C@@H](O)C1. The van der Waals surface area contributed by atoms with Crippen molar-refractivity contribution in [1.82, 2.24) is 14.3 Å². The van der Waals surface area contributed by atoms with Crippen LogP contribution in [-0.4, -0.2) is 73.5 Å². The minimum Gasteiger partial charge on any atom is -0.384 e. The number of quaternary nitrogens is 1. The Kier molecular flexibility index (Phi) is 4.55. The number of aromatic nitrogens is 2. The third-order valence-corrected chi connectivity index (χ3v) is 7.75. The summed E-state index contributed by atoms with van der Waals surface area (Å²) in [7, 11) is 0. The van der Waals surface area contributed by atoms with Gasteiger partial charge < -0.3 is 10.0 Å². The summed E-state index contributed by atoms with van der Waals surface area (Å²) in [6.07, 6.45) is -2.53. The van der Waals surface area contributed by atoms with Crippen LogP contribution >= 0.6 is 27.5 Å². The van der Waals surface area contributed by atoms with Gasteiger partial charge in [-0.15, -0.1) is 0 Å². The number of aliphatic hydroxyl groups excluding tert-OH is 1. The van der Waals surface area contributed by atoms with Crippen LogP contribution in [0.4, 0.5) is 13.2 Å². The minimum absolute atomic E-state index is 0.0217. The summed E-state index contributed by atoms with van der Waals surface area (Å²) >= 11 is 9.27. The lowest BCUT2D eigenvalue weighted by molar-refractivity contribution is -0.747. The van der Waals surface area contributed by atoms with Crippen molar-refractivity contribution in [3.8, 4) is 0 Å². The zero-order valence-corrected chi connectivity index (χ0v) is 18.5. The molecule has 3 atom stereocenters. The van der Waals surface area contributed by atoms with Crippen molar-refractivity contribution in [2.24, 2.45) is 0 Å². The largest absolute Gasteiger partial charge is 0.420 e. The number of piperidine rings is 1. The number of amides is 2. The molecule has 0 aromatic carbocycles. The van der Waals surface area contributed by atoms with Gasteiger partial charge in [-0.3, -0.25) is 9.20 Å². The number of carbonyl (C=O) groups is 2. The van der Waals surface area contributed by atoms with Crippen LogP contribution in [0.2, 0.25) is 5.15 Å². The van der Waals surface area contributed by atoms with Crippen LogP contribution in [-0.2, 0) is 11.0 Å². The summed E-state index contributed by atoms with van der Waals surface area (Å²) in [4.78, 5) is 30.7. The average Bonchev–Trinajstić information content (AvgIpc) is 3.01. The molecule has 3 fully saturated rings. The number of likely N-dealkylation sites (tertiary alicyclic amines) is 1. The lowest BCUT2D eigenvalue weighted by Gasteiger charge is -2.35. The standard InChI is InChI=1S/C19H18BrClF3N4O3/c20-10-6-11(19(22,23)24)16-25-14(15(21)27(16)7-10)17(31)26-4-3-18(12(29)8-26)9-28(18)5-1-2-13(28)30/h6-7,12,29H,1-5,8-9H2/q+1/t12-,18-,28?/m0/s1. The van der Waals surface area contributed by atoms with E-state index in [1.165, 1.54) is 11.1 Å². The summed E-state index contributed by atoms with van der Waals surface area (Å²) in [6, 6.07) is 0.879. The number of rotatable bonds is 1. The van der Waals surface area contributed by atoms with Gasteiger partial charge in [0.15, 0.2) is 16.9 Å². The summed E-state index contributed by atoms with van der Waals surface area (Å²) < 4.78 is 41.8. The Morgan fingerprint density at radius 3 is 2.77 bits per heavy atom. The molecule has 3 aliphatic heterocycles. The Hall–Kier alpha value is -1.69. The number of halogens is 5. The number of alkyl halides is 3. The van der Waals surface area contributed by atoms with Crippen molar-refractivity contribution in [2.45, 2.75) is 37.1 Å². The van der Waals surface area contributed by atoms with Crippen molar-refractivity contribution in [3.05, 3.63) is 33.1 Å². The molecule has 1 N–H and O–H groups in total. The number of fused-ring (bicyclic) bond motifs is 2. The number of nitrogens with zero attached hydrogens (tertiary/aromatic N) is 4. The van der Waals surface area contributed by atoms with E-state index in [1.807, 2.05) is 0 Å². The van der Waals surface area contributed by atoms with Gasteiger partial charge in [0.2, 0.25) is 0 Å². The van der Waals surface area contributed by atoms with Crippen LogP contribution in [0.3, 0.4) is 0 Å². The molecule has 5 heterocycles. The quantitative estimate of drug-likeness (QED) is 0.462. The van der Waals surface area contributed by atoms with Crippen LogP contribution in [0, 0.1) is 0 Å². The highest BCUT2D eigenvalue weighted by molar-refractivity contribution is 9.10. The van der Waals surface area contributed by atoms with Crippen molar-refractivity contribution in [3.63, 3.8) is 0 Å². The summed E-state index contributed by atoms with van der Waals surface area (Å²) in [5.74, 6) is -0.515. The summed E-state index contributed by atoms with van der Waals surface area (Å²) in [5, 5.41) is 10.6. The number of hydrogen-bond donors (Lipinski definition) is 1. The Labute approximate surface area is 188 Å². The molecule has 0 radical (unpaired) electrons. The van der Waals surface area contributed by atoms with Crippen molar-refractivity contribution in [1.29, 1.82) is 0 Å². The molecule has 2 aromatic rings. The van der Waals surface area contributed by atoms with Crippen LogP contribution < -0.4 is 0 Å². The zero-order valence-electron chi connectivity index (χ0n) is 16.1. The van der Waals surface area contributed by atoms with Gasteiger partial charge in [0, 0.05) is 30.1 Å². The smallest absolute Gasteiger partial charge is 0.384 e. The van der Waals surface area contributed by atoms with E-state index >= 15 is 0 Å². The molecular formula is C19H18BrClF3N4O3+. The van der Waals surface area contributed by atoms with Crippen LogP contribution in [0.15, 0.2) is 16.7 Å². The molecule has 2 aromatic heterocycles. The Balaban J connectivity index is 1.44. The van der Waals surface area contributed by atoms with Gasteiger partial charge in [0.25, 0.3) is 5.91 Å². The monoisotopic (exact) mass is 521 g/mol. The molecule has 31 heavy (non-hydrogen) atoms. The minimum atomic E-state index is -4.68. The predicted molar refractivity (Wildman–Crippen MR) is 106 cm³/mol. The first kappa shape index (κ1) is 21.2. The molecule has 166 valence electrons. The molecule has 12 heteroatoms. The first-order valence-corrected chi connectivity index (χ1v) is 11.0. The first-order chi connectivity index (χ1) is 14.5. The van der Waals surface area contributed by atoms with Gasteiger partial charge >= 0.3 is 12.1 Å². The van der Waals surface area contributed by atoms with E-state index < -0.39 is 34.9 Å². The fourth-order valence-corrected chi connectivity index (χ4v) is 6.01. The Bertz CT molecular complexity index is 1140. The van der Waals surface area contributed by atoms with Gasteiger partial charge in [-0.1, -0.05) is 11.6 Å². The third kappa shape index (κ3) is 2.89. The highest BCUT2D eigenvalue weighted by Gasteiger charge is 2.78. The molecule has 3 aliphatic rings. The van der Waals surface area contributed by atoms with E-state index in [-0.39, 0.29) is 38.8 Å². The fraction of sp³-hybridized carbons (Fsp3) is 0.526. The van der Waals surface area contributed by atoms with E-state index in [0.717, 1.165) is 16.9 Å². The lowest BCUT2D eigenvalue weighted by Crippen LogP contribution is -2.56. The number of pyridine rings is 1. The van der Waals surface area contributed by atoms with Crippen LogP contribution in [0.5, 0.6) is 0 Å². The number of β-amino-alcohol motifs (C(OH)–C–C–N with tert-alkyl or cyclic N) is 1. The average molecular weight is 523 g/mol. The molecule has 2 amide bonds. The molecule has 0 aliphatic carbocycles. The Morgan fingerprint density at radius 1 is 1.42 bits per heavy atom. The topological polar surface area (TPSA) is 74.9 Å². The summed E-state index contributed by atoms with van der Waals surface area (Å²) in [5.41, 5.74) is -2.34. The highest BCUT2D eigenvalue weighted by atomic mass is 79.9. The number of hydrogen-bond acceptors (Lipinski definition) is 4. The zero-order chi connectivity index (χ0) is 22.3. The van der Waals surface area contributed by atoms with Crippen LogP contribution in [0.25, 0.3) is 5.65 Å². The predicted octanol–water partition coefficient (Wildman–Crippen LogP) is 2.87. The van der Waals surface area contributed by atoms with Crippen LogP contribution in [0.1, 0.15) is 35.3 Å². The van der Waals surface area contributed by atoms with E-state index in [9.17, 15) is 27.9 Å². The van der Waals surface area contributed by atoms with Gasteiger partial charge in [-0.2, -0.15) is 13.2 Å². The van der Waals surface area contributed by atoms with Crippen molar-refractivity contribution in [2.75, 3.05) is 26.2 Å². The molecule has 5 rings (SSSR count). The number of aliphatic hydroxyl groups is 1. The van der Waals surface area contributed by atoms with Gasteiger partial charge in [0.05, 0.1) is 25.1 Å². The second-order valence-corrected chi connectivity index (χ2v) is 9.76. The molecule has 0 saturated carbocycles. The number of imidazole rings is 1. The molecular weight excluding hydrogens is 505 g/mol. The van der Waals surface area contributed by atoms with E-state index in [0.29, 0.717) is 25.9 Å². The van der Waals surface area contributed by atoms with Crippen molar-refractivity contribution >= 4 is 45.0 Å². The lowest BCUT2D eigenvalue weighted by atomic mass is 9.92. The molecule has 1 unspecified atom stereocenters. The molecule has 3 saturated heterocycles. The van der Waals surface area contributed by atoms with E-state index in [1.54, 1.807) is 0 Å². The second-order valence-electron chi connectivity index (χ2n) is 8.48. The highest BCUT2D eigenvalue weighted by Crippen LogP contribution is 2.53. The van der Waals surface area contributed by atoms with Gasteiger partial charge in [0.1, 0.15) is 17.8 Å². The third-order valence-electron chi connectivity index (χ3n) is 6.95. The number of carbonyl (C=O) groups excluding carboxylic acids is 2. The first-order valence-electron chi connectivity index (χ1n) is 9.82. The van der Waals surface area contributed by atoms with Gasteiger partial charge in [-0.05, 0) is 22.0 Å². The maximum absolute atomic E-state index is 13.4. The van der Waals surface area contributed by atoms with Gasteiger partial charge in [-0.25, -0.2) is 14.3 Å². The normalized spacial score (nSPS) is 30.7. The molecule has 2 spiro atoms. The van der Waals surface area contributed by atoms with E-state index in [2.05, 4.69) is 20.9 Å². The summed E-state index contributed by atoms with van der Waals surface area (Å²) in [6.45, 7) is 1.53. The molecule has 7 nitrogen and oxygen atoms in total. The maximum Gasteiger partial charge on any atom is 0.420 e. The fourth-order valence-electron chi connectivity index (χ4n) is 5.32. The maximum atomic E-state index is 13.4.